The van der Waals surface area contributed by atoms with Gasteiger partial charge in [-0.3, -0.25) is 0 Å². The molecule has 0 spiro atoms. The van der Waals surface area contributed by atoms with Crippen molar-refractivity contribution in [1.29, 1.82) is 0 Å². The van der Waals surface area contributed by atoms with Crippen molar-refractivity contribution in [3.8, 4) is 0 Å². The highest BCUT2D eigenvalue weighted by atomic mass is 14.7. The lowest BCUT2D eigenvalue weighted by Gasteiger charge is -2.19. The van der Waals surface area contributed by atoms with Crippen molar-refractivity contribution in [3.63, 3.8) is 0 Å². The van der Waals surface area contributed by atoms with Crippen LogP contribution in [0.3, 0.4) is 0 Å². The van der Waals surface area contributed by atoms with Crippen LogP contribution in [0.1, 0.15) is 84.5 Å². The van der Waals surface area contributed by atoms with Crippen LogP contribution in [0.25, 0.3) is 0 Å². The molecule has 17 heavy (non-hydrogen) atoms. The zero-order valence-electron chi connectivity index (χ0n) is 12.1. The molecule has 0 radical (unpaired) electrons. The molecule has 3 atom stereocenters. The first-order chi connectivity index (χ1) is 8.27. The number of hydrogen-bond acceptors (Lipinski definition) is 1. The summed E-state index contributed by atoms with van der Waals surface area (Å²) in [5, 5.41) is 0. The Morgan fingerprint density at radius 2 is 1.71 bits per heavy atom. The molecule has 0 aliphatic heterocycles. The van der Waals surface area contributed by atoms with Gasteiger partial charge in [-0.15, -0.1) is 0 Å². The molecule has 1 saturated carbocycles. The number of hydrogen-bond donors (Lipinski definition) is 1. The van der Waals surface area contributed by atoms with E-state index in [1.54, 1.807) is 0 Å². The van der Waals surface area contributed by atoms with Crippen LogP contribution in [0.5, 0.6) is 0 Å². The molecule has 3 unspecified atom stereocenters. The zero-order chi connectivity index (χ0) is 12.5. The summed E-state index contributed by atoms with van der Waals surface area (Å²) in [6.07, 6.45) is 15.2. The Kier molecular flexibility index (Phi) is 7.92. The van der Waals surface area contributed by atoms with Gasteiger partial charge in [0, 0.05) is 6.04 Å². The number of rotatable bonds is 9. The van der Waals surface area contributed by atoms with Gasteiger partial charge in [0.15, 0.2) is 0 Å². The van der Waals surface area contributed by atoms with E-state index in [9.17, 15) is 0 Å². The molecule has 0 bridgehead atoms. The number of unbranched alkanes of at least 4 members (excludes halogenated alkanes) is 5. The molecule has 1 rings (SSSR count). The van der Waals surface area contributed by atoms with Crippen molar-refractivity contribution in [1.82, 2.24) is 0 Å². The van der Waals surface area contributed by atoms with Crippen LogP contribution in [0.2, 0.25) is 0 Å². The first kappa shape index (κ1) is 15.0. The summed E-state index contributed by atoms with van der Waals surface area (Å²) in [7, 11) is 0. The van der Waals surface area contributed by atoms with Gasteiger partial charge in [0.2, 0.25) is 0 Å². The van der Waals surface area contributed by atoms with Crippen molar-refractivity contribution < 1.29 is 0 Å². The molecule has 0 aromatic heterocycles. The van der Waals surface area contributed by atoms with E-state index in [2.05, 4.69) is 13.8 Å². The minimum absolute atomic E-state index is 0.498. The van der Waals surface area contributed by atoms with E-state index in [1.807, 2.05) is 0 Å². The fourth-order valence-electron chi connectivity index (χ4n) is 3.27. The minimum atomic E-state index is 0.498. The lowest BCUT2D eigenvalue weighted by Crippen LogP contribution is -2.28. The van der Waals surface area contributed by atoms with E-state index in [0.717, 1.165) is 11.8 Å². The molecular weight excluding hydrogens is 206 g/mol. The molecule has 1 aliphatic rings. The molecule has 1 aliphatic carbocycles. The Hall–Kier alpha value is -0.0400. The van der Waals surface area contributed by atoms with Crippen LogP contribution < -0.4 is 5.73 Å². The SMILES string of the molecule is CCCCCCCCC(N)C1CCC(CC)C1. The largest absolute Gasteiger partial charge is 0.327 e. The molecule has 2 N–H and O–H groups in total. The smallest absolute Gasteiger partial charge is 0.00672 e. The average Bonchev–Trinajstić information content (AvgIpc) is 2.82. The Morgan fingerprint density at radius 3 is 2.35 bits per heavy atom. The van der Waals surface area contributed by atoms with Crippen LogP contribution in [-0.4, -0.2) is 6.04 Å². The maximum atomic E-state index is 6.34. The predicted octanol–water partition coefficient (Wildman–Crippen LogP) is 4.89. The second kappa shape index (κ2) is 8.97. The highest BCUT2D eigenvalue weighted by Gasteiger charge is 2.27. The van der Waals surface area contributed by atoms with Crippen LogP contribution in [0, 0.1) is 11.8 Å². The molecule has 1 nitrogen and oxygen atoms in total. The third-order valence-corrected chi connectivity index (χ3v) is 4.66. The summed E-state index contributed by atoms with van der Waals surface area (Å²) in [4.78, 5) is 0. The average molecular weight is 239 g/mol. The van der Waals surface area contributed by atoms with Gasteiger partial charge in [0.25, 0.3) is 0 Å². The fraction of sp³-hybridized carbons (Fsp3) is 1.00. The third-order valence-electron chi connectivity index (χ3n) is 4.66. The van der Waals surface area contributed by atoms with Crippen molar-refractivity contribution in [2.75, 3.05) is 0 Å². The number of nitrogens with two attached hydrogens (primary N) is 1. The van der Waals surface area contributed by atoms with Crippen molar-refractivity contribution in [3.05, 3.63) is 0 Å². The van der Waals surface area contributed by atoms with Crippen molar-refractivity contribution >= 4 is 0 Å². The van der Waals surface area contributed by atoms with E-state index in [0.29, 0.717) is 6.04 Å². The van der Waals surface area contributed by atoms with E-state index in [1.165, 1.54) is 70.6 Å². The maximum Gasteiger partial charge on any atom is 0.00672 e. The first-order valence-electron chi connectivity index (χ1n) is 8.03. The summed E-state index contributed by atoms with van der Waals surface area (Å²) in [6.45, 7) is 4.60. The molecule has 0 heterocycles. The lowest BCUT2D eigenvalue weighted by atomic mass is 9.92. The maximum absolute atomic E-state index is 6.34. The predicted molar refractivity (Wildman–Crippen MR) is 77.1 cm³/mol. The van der Waals surface area contributed by atoms with Gasteiger partial charge in [-0.1, -0.05) is 65.2 Å². The van der Waals surface area contributed by atoms with Gasteiger partial charge >= 0.3 is 0 Å². The fourth-order valence-corrected chi connectivity index (χ4v) is 3.27. The molecule has 1 heteroatoms. The van der Waals surface area contributed by atoms with Crippen LogP contribution in [-0.2, 0) is 0 Å². The third kappa shape index (κ3) is 5.90. The zero-order valence-corrected chi connectivity index (χ0v) is 12.1. The van der Waals surface area contributed by atoms with E-state index in [-0.39, 0.29) is 0 Å². The summed E-state index contributed by atoms with van der Waals surface area (Å²) >= 11 is 0. The van der Waals surface area contributed by atoms with Gasteiger partial charge in [-0.25, -0.2) is 0 Å². The Bertz CT molecular complexity index is 178. The molecule has 102 valence electrons. The minimum Gasteiger partial charge on any atom is -0.327 e. The Balaban J connectivity index is 1.99. The lowest BCUT2D eigenvalue weighted by molar-refractivity contribution is 0.378. The molecular formula is C16H33N. The van der Waals surface area contributed by atoms with E-state index < -0.39 is 0 Å². The molecule has 0 aromatic rings. The quantitative estimate of drug-likeness (QED) is 0.570. The van der Waals surface area contributed by atoms with Gasteiger partial charge in [0.05, 0.1) is 0 Å². The van der Waals surface area contributed by atoms with Crippen molar-refractivity contribution in [2.45, 2.75) is 90.5 Å². The summed E-state index contributed by atoms with van der Waals surface area (Å²) in [5.41, 5.74) is 6.34. The standard InChI is InChI=1S/C16H33N/c1-3-5-6-7-8-9-10-16(17)15-12-11-14(4-2)13-15/h14-16H,3-13,17H2,1-2H3. The van der Waals surface area contributed by atoms with Gasteiger partial charge in [0.1, 0.15) is 0 Å². The Morgan fingerprint density at radius 1 is 1.00 bits per heavy atom. The van der Waals surface area contributed by atoms with Gasteiger partial charge in [-0.2, -0.15) is 0 Å². The molecule has 1 fully saturated rings. The molecule has 0 saturated heterocycles. The van der Waals surface area contributed by atoms with Gasteiger partial charge in [-0.05, 0) is 31.1 Å². The second-order valence-corrected chi connectivity index (χ2v) is 6.07. The first-order valence-corrected chi connectivity index (χ1v) is 8.03. The monoisotopic (exact) mass is 239 g/mol. The Labute approximate surface area is 109 Å². The van der Waals surface area contributed by atoms with Gasteiger partial charge < -0.3 is 5.73 Å². The highest BCUT2D eigenvalue weighted by Crippen LogP contribution is 2.35. The second-order valence-electron chi connectivity index (χ2n) is 6.07. The molecule has 0 amide bonds. The van der Waals surface area contributed by atoms with Crippen LogP contribution in [0.15, 0.2) is 0 Å². The normalized spacial score (nSPS) is 26.3. The summed E-state index contributed by atoms with van der Waals surface area (Å²) < 4.78 is 0. The van der Waals surface area contributed by atoms with Crippen molar-refractivity contribution in [2.24, 2.45) is 17.6 Å². The highest BCUT2D eigenvalue weighted by molar-refractivity contribution is 4.82. The topological polar surface area (TPSA) is 26.0 Å². The van der Waals surface area contributed by atoms with Crippen LogP contribution in [0.4, 0.5) is 0 Å². The summed E-state index contributed by atoms with van der Waals surface area (Å²) in [5.74, 6) is 1.83. The van der Waals surface area contributed by atoms with E-state index in [4.69, 9.17) is 5.73 Å². The molecule has 0 aromatic carbocycles. The van der Waals surface area contributed by atoms with E-state index >= 15 is 0 Å². The van der Waals surface area contributed by atoms with Crippen LogP contribution >= 0.6 is 0 Å². The summed E-state index contributed by atoms with van der Waals surface area (Å²) in [6, 6.07) is 0.498.